The van der Waals surface area contributed by atoms with E-state index in [0.717, 1.165) is 0 Å². The number of H-pyrrole nitrogens is 1. The van der Waals surface area contributed by atoms with E-state index in [1.54, 1.807) is 0 Å². The molecule has 170 valence electrons. The standard InChI is InChI=1S/C10H16N3O12P3S2/c14-7-5(3-22-27(18,19)25-28(20,21)24-26(15,16)17)23-8(10(7)4-11-10)13-2-1-6(29)12-9(13)30/h1-2,5,7-8,11,14H,3-4H2,(H,18,19)(H,20,21)(H,12,29,30)(H2,15,16,17)/t5-,7?,8?,10+/m1/s1. The van der Waals surface area contributed by atoms with E-state index in [1.807, 2.05) is 0 Å². The van der Waals surface area contributed by atoms with Gasteiger partial charge in [0.05, 0.1) is 6.61 Å². The molecule has 1 aromatic rings. The zero-order valence-corrected chi connectivity index (χ0v) is 18.8. The lowest BCUT2D eigenvalue weighted by Gasteiger charge is -2.20. The second kappa shape index (κ2) is 8.30. The number of aliphatic hydroxyl groups excluding tert-OH is 1. The van der Waals surface area contributed by atoms with E-state index in [0.29, 0.717) is 11.2 Å². The molecule has 0 saturated carbocycles. The minimum atomic E-state index is -5.65. The molecule has 0 aliphatic carbocycles. The highest BCUT2D eigenvalue weighted by Crippen LogP contribution is 2.66. The van der Waals surface area contributed by atoms with E-state index in [2.05, 4.69) is 23.4 Å². The van der Waals surface area contributed by atoms with Crippen molar-refractivity contribution in [2.45, 2.75) is 24.0 Å². The summed E-state index contributed by atoms with van der Waals surface area (Å²) in [7, 11) is -16.5. The molecule has 2 fully saturated rings. The third-order valence-corrected chi connectivity index (χ3v) is 8.48. The van der Waals surface area contributed by atoms with Crippen LogP contribution in [0.5, 0.6) is 0 Å². The Balaban J connectivity index is 1.70. The monoisotopic (exact) mass is 527 g/mol. The van der Waals surface area contributed by atoms with Gasteiger partial charge in [0.15, 0.2) is 11.0 Å². The van der Waals surface area contributed by atoms with Crippen molar-refractivity contribution in [2.75, 3.05) is 13.2 Å². The number of hydrogen-bond donors (Lipinski definition) is 7. The van der Waals surface area contributed by atoms with Gasteiger partial charge in [-0.25, -0.2) is 13.7 Å². The van der Waals surface area contributed by atoms with Crippen LogP contribution in [0.4, 0.5) is 0 Å². The van der Waals surface area contributed by atoms with Gasteiger partial charge in [-0.3, -0.25) is 9.09 Å². The Morgan fingerprint density at radius 3 is 2.37 bits per heavy atom. The van der Waals surface area contributed by atoms with Gasteiger partial charge < -0.3 is 39.7 Å². The molecule has 30 heavy (non-hydrogen) atoms. The van der Waals surface area contributed by atoms with Gasteiger partial charge >= 0.3 is 23.5 Å². The molecule has 3 heterocycles. The van der Waals surface area contributed by atoms with E-state index in [4.69, 9.17) is 43.9 Å². The lowest BCUT2D eigenvalue weighted by atomic mass is 10.00. The van der Waals surface area contributed by atoms with Crippen LogP contribution in [0.25, 0.3) is 0 Å². The molecule has 4 unspecified atom stereocenters. The van der Waals surface area contributed by atoms with Crippen LogP contribution in [0, 0.1) is 9.41 Å². The molecule has 2 saturated heterocycles. The summed E-state index contributed by atoms with van der Waals surface area (Å²) in [6.45, 7) is -0.469. The molecule has 2 aliphatic heterocycles. The first kappa shape index (κ1) is 24.5. The van der Waals surface area contributed by atoms with Gasteiger partial charge in [0, 0.05) is 12.7 Å². The maximum Gasteiger partial charge on any atom is 0.490 e. The molecule has 0 amide bonds. The minimum absolute atomic E-state index is 0.196. The number of hydrogen-bond acceptors (Lipinski definition) is 11. The van der Waals surface area contributed by atoms with Crippen LogP contribution in [0.15, 0.2) is 12.3 Å². The summed E-state index contributed by atoms with van der Waals surface area (Å²) in [4.78, 5) is 38.5. The predicted octanol–water partition coefficient (Wildman–Crippen LogP) is 0.219. The normalized spacial score (nSPS) is 32.6. The van der Waals surface area contributed by atoms with Gasteiger partial charge in [-0.1, -0.05) is 12.2 Å². The molecular formula is C10H16N3O12P3S2. The number of phosphoric acid groups is 3. The van der Waals surface area contributed by atoms with Crippen LogP contribution in [-0.4, -0.2) is 65.1 Å². The van der Waals surface area contributed by atoms with Crippen LogP contribution in [0.1, 0.15) is 6.23 Å². The van der Waals surface area contributed by atoms with Crippen LogP contribution in [-0.2, 0) is 31.6 Å². The minimum Gasteiger partial charge on any atom is -0.388 e. The van der Waals surface area contributed by atoms with E-state index in [-0.39, 0.29) is 4.77 Å². The quantitative estimate of drug-likeness (QED) is 0.136. The summed E-state index contributed by atoms with van der Waals surface area (Å²) in [6.07, 6.45) is -1.77. The van der Waals surface area contributed by atoms with Gasteiger partial charge in [0.1, 0.15) is 22.4 Å². The van der Waals surface area contributed by atoms with Crippen molar-refractivity contribution >= 4 is 47.9 Å². The molecule has 7 N–H and O–H groups in total. The van der Waals surface area contributed by atoms with Crippen molar-refractivity contribution in [1.29, 1.82) is 0 Å². The van der Waals surface area contributed by atoms with Crippen molar-refractivity contribution in [3.8, 4) is 0 Å². The Kier molecular flexibility index (Phi) is 6.77. The number of phosphoric ester groups is 1. The van der Waals surface area contributed by atoms with Crippen molar-refractivity contribution < 1.29 is 56.3 Å². The maximum absolute atomic E-state index is 11.9. The summed E-state index contributed by atoms with van der Waals surface area (Å²) in [6, 6.07) is 1.54. The van der Waals surface area contributed by atoms with Crippen LogP contribution < -0.4 is 5.32 Å². The lowest BCUT2D eigenvalue weighted by molar-refractivity contribution is -0.0454. The Morgan fingerprint density at radius 2 is 1.83 bits per heavy atom. The highest BCUT2D eigenvalue weighted by atomic mass is 32.1. The Bertz CT molecular complexity index is 1080. The fourth-order valence-corrected chi connectivity index (χ4v) is 6.37. The molecule has 0 bridgehead atoms. The highest BCUT2D eigenvalue weighted by Gasteiger charge is 2.64. The number of nitrogens with zero attached hydrogens (tertiary/aromatic N) is 1. The Hall–Kier alpha value is -0.190. The molecule has 3 rings (SSSR count). The molecule has 0 aromatic carbocycles. The van der Waals surface area contributed by atoms with E-state index >= 15 is 0 Å². The SMILES string of the molecule is O=P(O)(O)OP(=O)(O)OP(=O)(O)OC[C@H]1OC(n2ccc(=S)[nH]c2=S)[C@]2(CN2)C1O. The molecular weight excluding hydrogens is 511 g/mol. The number of aromatic amines is 1. The number of aliphatic hydroxyl groups is 1. The number of aromatic nitrogens is 2. The molecule has 1 spiro atoms. The third-order valence-electron chi connectivity index (χ3n) is 4.13. The van der Waals surface area contributed by atoms with Crippen LogP contribution in [0.3, 0.4) is 0 Å². The molecule has 2 aliphatic rings. The molecule has 1 aromatic heterocycles. The van der Waals surface area contributed by atoms with Crippen molar-refractivity contribution in [3.05, 3.63) is 21.7 Å². The van der Waals surface area contributed by atoms with E-state index < -0.39 is 54.0 Å². The maximum atomic E-state index is 11.9. The zero-order valence-electron chi connectivity index (χ0n) is 14.5. The number of rotatable bonds is 8. The summed E-state index contributed by atoms with van der Waals surface area (Å²) in [5.74, 6) is 0. The topological polar surface area (TPSA) is 232 Å². The first-order valence-electron chi connectivity index (χ1n) is 7.83. The largest absolute Gasteiger partial charge is 0.490 e. The van der Waals surface area contributed by atoms with Crippen molar-refractivity contribution in [3.63, 3.8) is 0 Å². The van der Waals surface area contributed by atoms with Gasteiger partial charge in [-0.05, 0) is 18.3 Å². The highest BCUT2D eigenvalue weighted by molar-refractivity contribution is 7.72. The van der Waals surface area contributed by atoms with Crippen LogP contribution >= 0.6 is 47.9 Å². The second-order valence-corrected chi connectivity index (χ2v) is 11.5. The first-order valence-corrected chi connectivity index (χ1v) is 13.2. The smallest absolute Gasteiger partial charge is 0.388 e. The predicted molar refractivity (Wildman–Crippen MR) is 101 cm³/mol. The molecule has 20 heteroatoms. The lowest BCUT2D eigenvalue weighted by Crippen LogP contribution is -2.39. The summed E-state index contributed by atoms with van der Waals surface area (Å²) in [5.41, 5.74) is -0.973. The summed E-state index contributed by atoms with van der Waals surface area (Å²) < 4.78 is 53.4. The zero-order chi connectivity index (χ0) is 22.5. The van der Waals surface area contributed by atoms with Gasteiger partial charge in [-0.15, -0.1) is 0 Å². The Labute approximate surface area is 178 Å². The fraction of sp³-hybridized carbons (Fsp3) is 0.600. The molecule has 6 atom stereocenters. The molecule has 0 radical (unpaired) electrons. The molecule has 15 nitrogen and oxygen atoms in total. The van der Waals surface area contributed by atoms with Gasteiger partial charge in [0.25, 0.3) is 0 Å². The van der Waals surface area contributed by atoms with E-state index in [9.17, 15) is 23.7 Å². The van der Waals surface area contributed by atoms with Gasteiger partial charge in [-0.2, -0.15) is 8.62 Å². The average Bonchev–Trinajstić information content (AvgIpc) is 3.28. The first-order chi connectivity index (χ1) is 13.6. The number of ether oxygens (including phenoxy) is 1. The van der Waals surface area contributed by atoms with Crippen molar-refractivity contribution in [2.24, 2.45) is 0 Å². The number of nitrogens with one attached hydrogen (secondary N) is 2. The van der Waals surface area contributed by atoms with Crippen LogP contribution in [0.2, 0.25) is 0 Å². The fourth-order valence-electron chi connectivity index (χ4n) is 2.85. The third kappa shape index (κ3) is 5.59. The second-order valence-electron chi connectivity index (χ2n) is 6.27. The van der Waals surface area contributed by atoms with Crippen molar-refractivity contribution in [1.82, 2.24) is 14.9 Å². The average molecular weight is 527 g/mol. The summed E-state index contributed by atoms with van der Waals surface area (Å²) in [5, 5.41) is 13.5. The Morgan fingerprint density at radius 1 is 1.20 bits per heavy atom. The van der Waals surface area contributed by atoms with Gasteiger partial charge in [0.2, 0.25) is 0 Å². The van der Waals surface area contributed by atoms with E-state index in [1.165, 1.54) is 16.8 Å². The summed E-state index contributed by atoms with van der Waals surface area (Å²) >= 11 is 10.2.